The molecule has 2 atom stereocenters. The quantitative estimate of drug-likeness (QED) is 0.834. The predicted molar refractivity (Wildman–Crippen MR) is 72.6 cm³/mol. The van der Waals surface area contributed by atoms with Crippen LogP contribution < -0.4 is 10.6 Å². The zero-order valence-electron chi connectivity index (χ0n) is 11.1. The molecule has 0 aliphatic carbocycles. The van der Waals surface area contributed by atoms with Crippen molar-refractivity contribution in [2.45, 2.75) is 58.0 Å². The molecule has 1 aliphatic heterocycles. The van der Waals surface area contributed by atoms with Gasteiger partial charge in [-0.3, -0.25) is 0 Å². The molecule has 2 heterocycles. The summed E-state index contributed by atoms with van der Waals surface area (Å²) in [4.78, 5) is 7.02. The maximum Gasteiger partial charge on any atom is 0.205 e. The van der Waals surface area contributed by atoms with E-state index in [2.05, 4.69) is 42.0 Å². The highest BCUT2D eigenvalue weighted by molar-refractivity contribution is 7.09. The lowest BCUT2D eigenvalue weighted by atomic mass is 9.96. The smallest absolute Gasteiger partial charge is 0.205 e. The van der Waals surface area contributed by atoms with Crippen LogP contribution in [0, 0.1) is 0 Å². The Bertz CT molecular complexity index is 382. The van der Waals surface area contributed by atoms with Crippen molar-refractivity contribution in [3.05, 3.63) is 5.82 Å². The molecule has 0 spiro atoms. The summed E-state index contributed by atoms with van der Waals surface area (Å²) in [5.74, 6) is 0.944. The van der Waals surface area contributed by atoms with Gasteiger partial charge in [0, 0.05) is 35.6 Å². The second kappa shape index (κ2) is 4.53. The zero-order valence-corrected chi connectivity index (χ0v) is 11.9. The fourth-order valence-corrected chi connectivity index (χ4v) is 3.12. The average molecular weight is 254 g/mol. The molecule has 5 heteroatoms. The molecule has 0 bridgehead atoms. The van der Waals surface area contributed by atoms with Crippen molar-refractivity contribution >= 4 is 16.7 Å². The molecule has 0 amide bonds. The molecule has 1 aromatic rings. The Morgan fingerprint density at radius 3 is 2.65 bits per heavy atom. The first-order chi connectivity index (χ1) is 7.88. The normalized spacial score (nSPS) is 26.3. The van der Waals surface area contributed by atoms with Crippen LogP contribution in [0.25, 0.3) is 0 Å². The molecule has 17 heavy (non-hydrogen) atoms. The monoisotopic (exact) mass is 254 g/mol. The van der Waals surface area contributed by atoms with Crippen LogP contribution >= 0.6 is 11.5 Å². The SMILES string of the molecule is CC1CC(N)CCN1c1nc(C(C)(C)C)ns1. The number of hydrogen-bond donors (Lipinski definition) is 1. The fraction of sp³-hybridized carbons (Fsp3) is 0.833. The first kappa shape index (κ1) is 12.8. The summed E-state index contributed by atoms with van der Waals surface area (Å²) >= 11 is 1.51. The van der Waals surface area contributed by atoms with Gasteiger partial charge in [-0.1, -0.05) is 20.8 Å². The van der Waals surface area contributed by atoms with E-state index in [-0.39, 0.29) is 5.41 Å². The third-order valence-electron chi connectivity index (χ3n) is 3.25. The van der Waals surface area contributed by atoms with Gasteiger partial charge in [0.2, 0.25) is 5.13 Å². The van der Waals surface area contributed by atoms with Crippen LogP contribution in [0.5, 0.6) is 0 Å². The van der Waals surface area contributed by atoms with Crippen LogP contribution in [-0.4, -0.2) is 28.0 Å². The Morgan fingerprint density at radius 1 is 1.41 bits per heavy atom. The van der Waals surface area contributed by atoms with Gasteiger partial charge in [-0.25, -0.2) is 4.98 Å². The summed E-state index contributed by atoms with van der Waals surface area (Å²) in [6, 6.07) is 0.816. The van der Waals surface area contributed by atoms with Crippen molar-refractivity contribution in [2.75, 3.05) is 11.4 Å². The van der Waals surface area contributed by atoms with Crippen LogP contribution in [0.1, 0.15) is 46.4 Å². The van der Waals surface area contributed by atoms with Crippen LogP contribution in [0.3, 0.4) is 0 Å². The molecule has 2 N–H and O–H groups in total. The number of anilines is 1. The number of aromatic nitrogens is 2. The van der Waals surface area contributed by atoms with Crippen molar-refractivity contribution in [3.63, 3.8) is 0 Å². The Labute approximate surface area is 107 Å². The van der Waals surface area contributed by atoms with Gasteiger partial charge < -0.3 is 10.6 Å². The lowest BCUT2D eigenvalue weighted by Crippen LogP contribution is -2.45. The number of nitrogens with zero attached hydrogens (tertiary/aromatic N) is 3. The van der Waals surface area contributed by atoms with E-state index in [4.69, 9.17) is 5.73 Å². The van der Waals surface area contributed by atoms with E-state index in [0.717, 1.165) is 30.3 Å². The summed E-state index contributed by atoms with van der Waals surface area (Å²) in [7, 11) is 0. The third-order valence-corrected chi connectivity index (χ3v) is 4.00. The summed E-state index contributed by atoms with van der Waals surface area (Å²) in [5.41, 5.74) is 6.01. The molecule has 2 rings (SSSR count). The zero-order chi connectivity index (χ0) is 12.6. The van der Waals surface area contributed by atoms with Gasteiger partial charge in [-0.15, -0.1) is 0 Å². The summed E-state index contributed by atoms with van der Waals surface area (Å²) in [6.07, 6.45) is 2.10. The van der Waals surface area contributed by atoms with Gasteiger partial charge in [0.15, 0.2) is 0 Å². The van der Waals surface area contributed by atoms with Gasteiger partial charge in [0.1, 0.15) is 5.82 Å². The molecule has 96 valence electrons. The van der Waals surface area contributed by atoms with Gasteiger partial charge in [0.05, 0.1) is 0 Å². The molecule has 0 radical (unpaired) electrons. The Morgan fingerprint density at radius 2 is 2.12 bits per heavy atom. The maximum absolute atomic E-state index is 5.98. The molecule has 0 saturated carbocycles. The molecule has 1 saturated heterocycles. The molecular formula is C12H22N4S. The topological polar surface area (TPSA) is 55.0 Å². The first-order valence-corrected chi connectivity index (χ1v) is 7.01. The van der Waals surface area contributed by atoms with Gasteiger partial charge in [-0.05, 0) is 19.8 Å². The highest BCUT2D eigenvalue weighted by Crippen LogP contribution is 2.29. The van der Waals surface area contributed by atoms with Crippen molar-refractivity contribution in [2.24, 2.45) is 5.73 Å². The van der Waals surface area contributed by atoms with E-state index in [0.29, 0.717) is 12.1 Å². The van der Waals surface area contributed by atoms with E-state index in [1.165, 1.54) is 11.5 Å². The Hall–Kier alpha value is -0.680. The second-order valence-electron chi connectivity index (χ2n) is 5.98. The van der Waals surface area contributed by atoms with Gasteiger partial charge >= 0.3 is 0 Å². The van der Waals surface area contributed by atoms with Crippen molar-refractivity contribution in [3.8, 4) is 0 Å². The number of piperidine rings is 1. The van der Waals surface area contributed by atoms with Crippen LogP contribution in [0.15, 0.2) is 0 Å². The van der Waals surface area contributed by atoms with E-state index < -0.39 is 0 Å². The van der Waals surface area contributed by atoms with E-state index >= 15 is 0 Å². The largest absolute Gasteiger partial charge is 0.344 e. The molecule has 1 fully saturated rings. The average Bonchev–Trinajstić information content (AvgIpc) is 2.65. The van der Waals surface area contributed by atoms with Crippen molar-refractivity contribution < 1.29 is 0 Å². The summed E-state index contributed by atoms with van der Waals surface area (Å²) in [5, 5.41) is 1.05. The number of hydrogen-bond acceptors (Lipinski definition) is 5. The number of rotatable bonds is 1. The minimum Gasteiger partial charge on any atom is -0.344 e. The van der Waals surface area contributed by atoms with Crippen LogP contribution in [0.4, 0.5) is 5.13 Å². The second-order valence-corrected chi connectivity index (χ2v) is 6.71. The minimum atomic E-state index is 0.0319. The lowest BCUT2D eigenvalue weighted by Gasteiger charge is -2.35. The van der Waals surface area contributed by atoms with Crippen molar-refractivity contribution in [1.82, 2.24) is 9.36 Å². The standard InChI is InChI=1S/C12H22N4S/c1-8-7-9(13)5-6-16(8)11-14-10(15-17-11)12(2,3)4/h8-9H,5-7,13H2,1-4H3. The molecule has 1 aliphatic rings. The summed E-state index contributed by atoms with van der Waals surface area (Å²) < 4.78 is 4.47. The van der Waals surface area contributed by atoms with E-state index in [1.807, 2.05) is 0 Å². The highest BCUT2D eigenvalue weighted by atomic mass is 32.1. The molecule has 1 aromatic heterocycles. The van der Waals surface area contributed by atoms with Crippen molar-refractivity contribution in [1.29, 1.82) is 0 Å². The van der Waals surface area contributed by atoms with E-state index in [9.17, 15) is 0 Å². The predicted octanol–water partition coefficient (Wildman–Crippen LogP) is 2.15. The maximum atomic E-state index is 5.98. The minimum absolute atomic E-state index is 0.0319. The van der Waals surface area contributed by atoms with Gasteiger partial charge in [0.25, 0.3) is 0 Å². The van der Waals surface area contributed by atoms with E-state index in [1.54, 1.807) is 0 Å². The highest BCUT2D eigenvalue weighted by Gasteiger charge is 2.27. The lowest BCUT2D eigenvalue weighted by molar-refractivity contribution is 0.428. The Kier molecular flexibility index (Phi) is 3.41. The third kappa shape index (κ3) is 2.77. The Balaban J connectivity index is 2.15. The fourth-order valence-electron chi connectivity index (χ4n) is 2.13. The van der Waals surface area contributed by atoms with Crippen LogP contribution in [0.2, 0.25) is 0 Å². The first-order valence-electron chi connectivity index (χ1n) is 6.24. The molecular weight excluding hydrogens is 232 g/mol. The molecule has 4 nitrogen and oxygen atoms in total. The molecule has 0 aromatic carbocycles. The van der Waals surface area contributed by atoms with Gasteiger partial charge in [-0.2, -0.15) is 4.37 Å². The van der Waals surface area contributed by atoms with Crippen LogP contribution in [-0.2, 0) is 5.41 Å². The molecule has 2 unspecified atom stereocenters. The number of nitrogens with two attached hydrogens (primary N) is 1. The summed E-state index contributed by atoms with van der Waals surface area (Å²) in [6.45, 7) is 9.66.